The summed E-state index contributed by atoms with van der Waals surface area (Å²) in [4.78, 5) is 14.4. The van der Waals surface area contributed by atoms with Gasteiger partial charge in [0.2, 0.25) is 0 Å². The van der Waals surface area contributed by atoms with Crippen LogP contribution < -0.4 is 9.47 Å². The molecule has 0 aliphatic rings. The van der Waals surface area contributed by atoms with E-state index in [0.29, 0.717) is 24.0 Å². The number of nitrogens with zero attached hydrogens (tertiary/aromatic N) is 1. The van der Waals surface area contributed by atoms with Crippen LogP contribution in [0, 0.1) is 5.92 Å². The third kappa shape index (κ3) is 3.12. The van der Waals surface area contributed by atoms with E-state index in [0.717, 1.165) is 0 Å². The van der Waals surface area contributed by atoms with E-state index in [2.05, 4.69) is 4.98 Å². The number of methoxy groups -OCH3 is 1. The van der Waals surface area contributed by atoms with E-state index in [-0.39, 0.29) is 5.69 Å². The summed E-state index contributed by atoms with van der Waals surface area (Å²) in [5.41, 5.74) is -0.0613. The van der Waals surface area contributed by atoms with Crippen LogP contribution in [0.25, 0.3) is 0 Å². The average Bonchev–Trinajstić information content (AvgIpc) is 2.25. The molecule has 0 radical (unpaired) electrons. The second-order valence-electron chi connectivity index (χ2n) is 3.73. The Morgan fingerprint density at radius 3 is 2.69 bits per heavy atom. The van der Waals surface area contributed by atoms with Crippen LogP contribution in [0.3, 0.4) is 0 Å². The number of rotatable bonds is 5. The van der Waals surface area contributed by atoms with E-state index in [1.807, 2.05) is 13.8 Å². The molecule has 0 unspecified atom stereocenters. The van der Waals surface area contributed by atoms with Crippen LogP contribution in [0.2, 0.25) is 0 Å². The lowest BCUT2D eigenvalue weighted by atomic mass is 10.2. The van der Waals surface area contributed by atoms with Crippen LogP contribution in [0.1, 0.15) is 24.3 Å². The normalized spacial score (nSPS) is 10.2. The Labute approximate surface area is 94.0 Å². The fourth-order valence-corrected chi connectivity index (χ4v) is 1.07. The second kappa shape index (κ2) is 5.34. The van der Waals surface area contributed by atoms with E-state index in [1.54, 1.807) is 0 Å². The van der Waals surface area contributed by atoms with Crippen LogP contribution in [0.15, 0.2) is 12.3 Å². The Kier molecular flexibility index (Phi) is 4.10. The molecule has 0 saturated heterocycles. The fraction of sp³-hybridized carbons (Fsp3) is 0.455. The van der Waals surface area contributed by atoms with Crippen LogP contribution in [0.4, 0.5) is 0 Å². The first kappa shape index (κ1) is 12.3. The third-order valence-electron chi connectivity index (χ3n) is 1.84. The lowest BCUT2D eigenvalue weighted by Gasteiger charge is -2.11. The molecule has 0 amide bonds. The second-order valence-corrected chi connectivity index (χ2v) is 3.73. The van der Waals surface area contributed by atoms with Gasteiger partial charge >= 0.3 is 5.97 Å². The Bertz CT molecular complexity index is 376. The van der Waals surface area contributed by atoms with Crippen molar-refractivity contribution in [2.75, 3.05) is 13.7 Å². The van der Waals surface area contributed by atoms with Crippen molar-refractivity contribution in [2.24, 2.45) is 5.92 Å². The van der Waals surface area contributed by atoms with Gasteiger partial charge in [-0.15, -0.1) is 0 Å². The minimum atomic E-state index is -1.09. The summed E-state index contributed by atoms with van der Waals surface area (Å²) in [7, 11) is 1.46. The van der Waals surface area contributed by atoms with Gasteiger partial charge in [-0.05, 0) is 5.92 Å². The van der Waals surface area contributed by atoms with Crippen LogP contribution in [0.5, 0.6) is 11.5 Å². The van der Waals surface area contributed by atoms with Crippen molar-refractivity contribution in [1.82, 2.24) is 4.98 Å². The zero-order chi connectivity index (χ0) is 12.1. The molecule has 0 bridgehead atoms. The monoisotopic (exact) mass is 225 g/mol. The Morgan fingerprint density at radius 1 is 1.50 bits per heavy atom. The fourth-order valence-electron chi connectivity index (χ4n) is 1.07. The standard InChI is InChI=1S/C11H15NO4/c1-7(2)6-16-10-5-12-8(11(13)14)4-9(10)15-3/h4-5,7H,6H2,1-3H3,(H,13,14). The zero-order valence-electron chi connectivity index (χ0n) is 9.56. The average molecular weight is 225 g/mol. The predicted molar refractivity (Wildman–Crippen MR) is 58.1 cm³/mol. The van der Waals surface area contributed by atoms with Crippen molar-refractivity contribution in [2.45, 2.75) is 13.8 Å². The molecule has 1 rings (SSSR count). The Balaban J connectivity index is 2.89. The van der Waals surface area contributed by atoms with Crippen molar-refractivity contribution in [3.63, 3.8) is 0 Å². The third-order valence-corrected chi connectivity index (χ3v) is 1.84. The maximum Gasteiger partial charge on any atom is 0.354 e. The lowest BCUT2D eigenvalue weighted by Crippen LogP contribution is -2.07. The summed E-state index contributed by atoms with van der Waals surface area (Å²) in [6.07, 6.45) is 1.37. The Hall–Kier alpha value is -1.78. The topological polar surface area (TPSA) is 68.7 Å². The highest BCUT2D eigenvalue weighted by molar-refractivity contribution is 5.86. The Morgan fingerprint density at radius 2 is 2.19 bits per heavy atom. The van der Waals surface area contributed by atoms with E-state index < -0.39 is 5.97 Å². The number of pyridine rings is 1. The molecule has 16 heavy (non-hydrogen) atoms. The van der Waals surface area contributed by atoms with Gasteiger partial charge in [0.1, 0.15) is 0 Å². The molecule has 0 aromatic carbocycles. The molecule has 1 heterocycles. The molecule has 5 nitrogen and oxygen atoms in total. The first-order valence-electron chi connectivity index (χ1n) is 4.94. The molecule has 1 aromatic rings. The molecule has 0 saturated carbocycles. The van der Waals surface area contributed by atoms with Crippen LogP contribution >= 0.6 is 0 Å². The van der Waals surface area contributed by atoms with Crippen LogP contribution in [-0.4, -0.2) is 29.8 Å². The highest BCUT2D eigenvalue weighted by Gasteiger charge is 2.11. The number of carboxylic acid groups (broad SMARTS) is 1. The molecule has 5 heteroatoms. The number of hydrogen-bond donors (Lipinski definition) is 1. The van der Waals surface area contributed by atoms with Gasteiger partial charge in [-0.3, -0.25) is 0 Å². The van der Waals surface area contributed by atoms with E-state index >= 15 is 0 Å². The van der Waals surface area contributed by atoms with Crippen LogP contribution in [-0.2, 0) is 0 Å². The summed E-state index contributed by atoms with van der Waals surface area (Å²) in [6, 6.07) is 1.35. The molecule has 0 spiro atoms. The van der Waals surface area contributed by atoms with Crippen molar-refractivity contribution in [1.29, 1.82) is 0 Å². The first-order chi connectivity index (χ1) is 7.54. The molecule has 1 aromatic heterocycles. The summed E-state index contributed by atoms with van der Waals surface area (Å²) >= 11 is 0. The summed E-state index contributed by atoms with van der Waals surface area (Å²) in [6.45, 7) is 4.57. The van der Waals surface area contributed by atoms with E-state index in [1.165, 1.54) is 19.4 Å². The van der Waals surface area contributed by atoms with Gasteiger partial charge in [0, 0.05) is 6.07 Å². The van der Waals surface area contributed by atoms with Gasteiger partial charge in [0.25, 0.3) is 0 Å². The predicted octanol–water partition coefficient (Wildman–Crippen LogP) is 1.82. The van der Waals surface area contributed by atoms with Gasteiger partial charge in [-0.2, -0.15) is 0 Å². The van der Waals surface area contributed by atoms with Gasteiger partial charge in [-0.1, -0.05) is 13.8 Å². The summed E-state index contributed by atoms with van der Waals surface area (Å²) < 4.78 is 10.5. The quantitative estimate of drug-likeness (QED) is 0.827. The molecular weight excluding hydrogens is 210 g/mol. The minimum absolute atomic E-state index is 0.0613. The van der Waals surface area contributed by atoms with Crippen molar-refractivity contribution >= 4 is 5.97 Å². The van der Waals surface area contributed by atoms with Gasteiger partial charge in [0.05, 0.1) is 19.9 Å². The van der Waals surface area contributed by atoms with E-state index in [4.69, 9.17) is 14.6 Å². The number of hydrogen-bond acceptors (Lipinski definition) is 4. The number of carbonyl (C=O) groups is 1. The van der Waals surface area contributed by atoms with Crippen molar-refractivity contribution in [3.05, 3.63) is 18.0 Å². The summed E-state index contributed by atoms with van der Waals surface area (Å²) in [5, 5.41) is 8.75. The molecule has 0 atom stereocenters. The minimum Gasteiger partial charge on any atom is -0.493 e. The van der Waals surface area contributed by atoms with Crippen molar-refractivity contribution < 1.29 is 19.4 Å². The molecule has 1 N–H and O–H groups in total. The van der Waals surface area contributed by atoms with Gasteiger partial charge in [-0.25, -0.2) is 9.78 Å². The molecule has 0 aliphatic heterocycles. The van der Waals surface area contributed by atoms with Gasteiger partial charge < -0.3 is 14.6 Å². The smallest absolute Gasteiger partial charge is 0.354 e. The van der Waals surface area contributed by atoms with E-state index in [9.17, 15) is 4.79 Å². The number of ether oxygens (including phenoxy) is 2. The largest absolute Gasteiger partial charge is 0.493 e. The van der Waals surface area contributed by atoms with Crippen molar-refractivity contribution in [3.8, 4) is 11.5 Å². The van der Waals surface area contributed by atoms with Gasteiger partial charge in [0.15, 0.2) is 17.2 Å². The maximum atomic E-state index is 10.7. The highest BCUT2D eigenvalue weighted by Crippen LogP contribution is 2.26. The summed E-state index contributed by atoms with van der Waals surface area (Å²) in [5.74, 6) is 0.131. The molecule has 0 aliphatic carbocycles. The number of aromatic nitrogens is 1. The molecule has 0 fully saturated rings. The molecular formula is C11H15NO4. The molecule has 88 valence electrons. The zero-order valence-corrected chi connectivity index (χ0v) is 9.56. The SMILES string of the molecule is COc1cc(C(=O)O)ncc1OCC(C)C. The highest BCUT2D eigenvalue weighted by atomic mass is 16.5. The number of aromatic carboxylic acids is 1. The number of carboxylic acids is 1. The first-order valence-corrected chi connectivity index (χ1v) is 4.94. The maximum absolute atomic E-state index is 10.7. The lowest BCUT2D eigenvalue weighted by molar-refractivity contribution is 0.0690.